The van der Waals surface area contributed by atoms with Gasteiger partial charge in [0.25, 0.3) is 0 Å². The number of morpholine rings is 1. The third-order valence-electron chi connectivity index (χ3n) is 3.67. The normalized spacial score (nSPS) is 28.9. The van der Waals surface area contributed by atoms with Crippen molar-refractivity contribution in [3.63, 3.8) is 0 Å². The molecule has 1 heterocycles. The molecule has 3 unspecified atom stereocenters. The lowest BCUT2D eigenvalue weighted by molar-refractivity contribution is -0.144. The molecule has 0 aromatic carbocycles. The van der Waals surface area contributed by atoms with Gasteiger partial charge in [0, 0.05) is 19.1 Å². The van der Waals surface area contributed by atoms with Gasteiger partial charge >= 0.3 is 5.97 Å². The van der Waals surface area contributed by atoms with Crippen molar-refractivity contribution in [3.8, 4) is 0 Å². The van der Waals surface area contributed by atoms with Gasteiger partial charge in [-0.15, -0.1) is 0 Å². The van der Waals surface area contributed by atoms with E-state index in [4.69, 9.17) is 4.74 Å². The summed E-state index contributed by atoms with van der Waals surface area (Å²) in [6, 6.07) is 0.362. The van der Waals surface area contributed by atoms with Gasteiger partial charge in [0.1, 0.15) is 5.54 Å². The van der Waals surface area contributed by atoms with Crippen LogP contribution >= 0.6 is 0 Å². The molecule has 3 atom stereocenters. The quantitative estimate of drug-likeness (QED) is 0.742. The molecule has 0 aliphatic carbocycles. The van der Waals surface area contributed by atoms with E-state index in [0.717, 1.165) is 19.7 Å². The number of nitrogens with one attached hydrogen (secondary N) is 1. The fourth-order valence-electron chi connectivity index (χ4n) is 2.31. The Bertz CT molecular complexity index is 285. The van der Waals surface area contributed by atoms with Crippen LogP contribution in [0.4, 0.5) is 0 Å². The third kappa shape index (κ3) is 3.93. The fraction of sp³-hybridized carbons (Fsp3) is 0.923. The Balaban J connectivity index is 2.53. The zero-order chi connectivity index (χ0) is 13.8. The first kappa shape index (κ1) is 15.4. The minimum atomic E-state index is -0.837. The maximum atomic E-state index is 11.3. The maximum absolute atomic E-state index is 11.3. The SMILES string of the molecule is CCNC(C)(CCN1CC(C)OCC1C)C(=O)O. The largest absolute Gasteiger partial charge is 0.480 e. The zero-order valence-corrected chi connectivity index (χ0v) is 11.9. The van der Waals surface area contributed by atoms with Gasteiger partial charge in [0.05, 0.1) is 12.7 Å². The molecule has 1 fully saturated rings. The van der Waals surface area contributed by atoms with E-state index in [-0.39, 0.29) is 6.10 Å². The molecule has 0 radical (unpaired) electrons. The first-order valence-corrected chi connectivity index (χ1v) is 6.73. The number of hydrogen-bond acceptors (Lipinski definition) is 4. The summed E-state index contributed by atoms with van der Waals surface area (Å²) in [6.45, 7) is 10.9. The number of carbonyl (C=O) groups is 1. The van der Waals surface area contributed by atoms with Crippen molar-refractivity contribution >= 4 is 5.97 Å². The molecule has 0 spiro atoms. The van der Waals surface area contributed by atoms with Gasteiger partial charge in [-0.05, 0) is 33.7 Å². The van der Waals surface area contributed by atoms with Crippen molar-refractivity contribution in [3.05, 3.63) is 0 Å². The first-order valence-electron chi connectivity index (χ1n) is 6.73. The van der Waals surface area contributed by atoms with Gasteiger partial charge in [-0.3, -0.25) is 9.69 Å². The van der Waals surface area contributed by atoms with Gasteiger partial charge in [-0.1, -0.05) is 6.92 Å². The lowest BCUT2D eigenvalue weighted by Gasteiger charge is -2.38. The van der Waals surface area contributed by atoms with Crippen LogP contribution in [0.2, 0.25) is 0 Å². The number of rotatable bonds is 6. The highest BCUT2D eigenvalue weighted by Crippen LogP contribution is 2.16. The number of nitrogens with zero attached hydrogens (tertiary/aromatic N) is 1. The van der Waals surface area contributed by atoms with Gasteiger partial charge in [0.2, 0.25) is 0 Å². The van der Waals surface area contributed by atoms with Crippen molar-refractivity contribution in [2.45, 2.75) is 51.8 Å². The van der Waals surface area contributed by atoms with Gasteiger partial charge < -0.3 is 15.2 Å². The maximum Gasteiger partial charge on any atom is 0.323 e. The molecule has 0 bridgehead atoms. The number of carboxylic acids is 1. The van der Waals surface area contributed by atoms with E-state index in [9.17, 15) is 9.90 Å². The lowest BCUT2D eigenvalue weighted by Crippen LogP contribution is -2.54. The lowest BCUT2D eigenvalue weighted by atomic mass is 9.97. The molecule has 1 rings (SSSR count). The molecule has 5 heteroatoms. The number of ether oxygens (including phenoxy) is 1. The summed E-state index contributed by atoms with van der Waals surface area (Å²) >= 11 is 0. The average Bonchev–Trinajstić information content (AvgIpc) is 2.30. The zero-order valence-electron chi connectivity index (χ0n) is 11.9. The van der Waals surface area contributed by atoms with Crippen molar-refractivity contribution in [1.29, 1.82) is 0 Å². The van der Waals surface area contributed by atoms with Crippen molar-refractivity contribution in [2.75, 3.05) is 26.2 Å². The molecule has 0 aromatic rings. The minimum Gasteiger partial charge on any atom is -0.480 e. The molecule has 2 N–H and O–H groups in total. The van der Waals surface area contributed by atoms with Crippen LogP contribution < -0.4 is 5.32 Å². The summed E-state index contributed by atoms with van der Waals surface area (Å²) in [5, 5.41) is 12.4. The van der Waals surface area contributed by atoms with E-state index in [1.165, 1.54) is 0 Å². The summed E-state index contributed by atoms with van der Waals surface area (Å²) in [5.74, 6) is -0.779. The highest BCUT2D eigenvalue weighted by molar-refractivity contribution is 5.78. The standard InChI is InChI=1S/C13H26N2O3/c1-5-14-13(4,12(16)17)6-7-15-8-11(3)18-9-10(15)2/h10-11,14H,5-9H2,1-4H3,(H,16,17). The number of likely N-dealkylation sites (N-methyl/N-ethyl adjacent to an activating group) is 1. The second-order valence-corrected chi connectivity index (χ2v) is 5.41. The predicted octanol–water partition coefficient (Wildman–Crippen LogP) is 0.939. The van der Waals surface area contributed by atoms with E-state index in [2.05, 4.69) is 24.1 Å². The molecule has 0 amide bonds. The van der Waals surface area contributed by atoms with Crippen LogP contribution in [0, 0.1) is 0 Å². The van der Waals surface area contributed by atoms with Crippen LogP contribution in [0.15, 0.2) is 0 Å². The fourth-order valence-corrected chi connectivity index (χ4v) is 2.31. The monoisotopic (exact) mass is 258 g/mol. The van der Waals surface area contributed by atoms with E-state index >= 15 is 0 Å². The van der Waals surface area contributed by atoms with Crippen LogP contribution in [0.5, 0.6) is 0 Å². The molecule has 1 aliphatic rings. The molecule has 1 saturated heterocycles. The second-order valence-electron chi connectivity index (χ2n) is 5.41. The van der Waals surface area contributed by atoms with Crippen LogP contribution in [-0.4, -0.2) is 59.9 Å². The Labute approximate surface area is 109 Å². The summed E-state index contributed by atoms with van der Waals surface area (Å²) in [7, 11) is 0. The average molecular weight is 258 g/mol. The van der Waals surface area contributed by atoms with Crippen LogP contribution in [0.1, 0.15) is 34.1 Å². The van der Waals surface area contributed by atoms with E-state index in [0.29, 0.717) is 19.0 Å². The Morgan fingerprint density at radius 2 is 2.22 bits per heavy atom. The molecular formula is C13H26N2O3. The highest BCUT2D eigenvalue weighted by atomic mass is 16.5. The Morgan fingerprint density at radius 3 is 2.78 bits per heavy atom. The van der Waals surface area contributed by atoms with Crippen LogP contribution in [0.3, 0.4) is 0 Å². The summed E-state index contributed by atoms with van der Waals surface area (Å²) in [6.07, 6.45) is 0.837. The third-order valence-corrected chi connectivity index (χ3v) is 3.67. The Hall–Kier alpha value is -0.650. The number of aliphatic carboxylic acids is 1. The smallest absolute Gasteiger partial charge is 0.323 e. The second kappa shape index (κ2) is 6.50. The molecule has 106 valence electrons. The summed E-state index contributed by atoms with van der Waals surface area (Å²) in [5.41, 5.74) is -0.837. The Morgan fingerprint density at radius 1 is 1.56 bits per heavy atom. The van der Waals surface area contributed by atoms with Gasteiger partial charge in [-0.25, -0.2) is 0 Å². The summed E-state index contributed by atoms with van der Waals surface area (Å²) in [4.78, 5) is 13.6. The highest BCUT2D eigenvalue weighted by Gasteiger charge is 2.33. The van der Waals surface area contributed by atoms with E-state index in [1.54, 1.807) is 6.92 Å². The Kier molecular flexibility index (Phi) is 5.56. The van der Waals surface area contributed by atoms with Crippen molar-refractivity contribution in [1.82, 2.24) is 10.2 Å². The van der Waals surface area contributed by atoms with Crippen molar-refractivity contribution < 1.29 is 14.6 Å². The van der Waals surface area contributed by atoms with E-state index < -0.39 is 11.5 Å². The van der Waals surface area contributed by atoms with Crippen LogP contribution in [0.25, 0.3) is 0 Å². The van der Waals surface area contributed by atoms with Crippen molar-refractivity contribution in [2.24, 2.45) is 0 Å². The predicted molar refractivity (Wildman–Crippen MR) is 70.8 cm³/mol. The molecule has 5 nitrogen and oxygen atoms in total. The first-order chi connectivity index (χ1) is 8.39. The number of carboxylic acid groups (broad SMARTS) is 1. The van der Waals surface area contributed by atoms with E-state index in [1.807, 2.05) is 6.92 Å². The molecule has 18 heavy (non-hydrogen) atoms. The topological polar surface area (TPSA) is 61.8 Å². The van der Waals surface area contributed by atoms with Gasteiger partial charge in [0.15, 0.2) is 0 Å². The molecule has 0 saturated carbocycles. The summed E-state index contributed by atoms with van der Waals surface area (Å²) < 4.78 is 5.57. The minimum absolute atomic E-state index is 0.233. The number of hydrogen-bond donors (Lipinski definition) is 2. The molecule has 1 aliphatic heterocycles. The van der Waals surface area contributed by atoms with Crippen LogP contribution in [-0.2, 0) is 9.53 Å². The van der Waals surface area contributed by atoms with Gasteiger partial charge in [-0.2, -0.15) is 0 Å². The molecule has 0 aromatic heterocycles. The molecular weight excluding hydrogens is 232 g/mol.